The van der Waals surface area contributed by atoms with Gasteiger partial charge in [0.25, 0.3) is 11.8 Å². The highest BCUT2D eigenvalue weighted by atomic mass is 35.5. The van der Waals surface area contributed by atoms with Crippen molar-refractivity contribution in [1.29, 1.82) is 0 Å². The highest BCUT2D eigenvalue weighted by Crippen LogP contribution is 2.37. The molecule has 3 aromatic rings. The van der Waals surface area contributed by atoms with Crippen LogP contribution in [0.4, 0.5) is 15.8 Å². The first-order valence-electron chi connectivity index (χ1n) is 9.33. The highest BCUT2D eigenvalue weighted by molar-refractivity contribution is 8.27. The zero-order valence-electron chi connectivity index (χ0n) is 17.0. The lowest BCUT2D eigenvalue weighted by molar-refractivity contribution is -0.113. The molecule has 0 N–H and O–H groups in total. The number of halogens is 2. The maximum absolute atomic E-state index is 13.9. The third-order valence-electron chi connectivity index (χ3n) is 4.47. The summed E-state index contributed by atoms with van der Waals surface area (Å²) in [6.45, 7) is 0. The number of benzene rings is 2. The molecule has 1 aliphatic rings. The minimum absolute atomic E-state index is 0.125. The van der Waals surface area contributed by atoms with E-state index < -0.39 is 5.82 Å². The van der Waals surface area contributed by atoms with Gasteiger partial charge in [0.05, 0.1) is 16.8 Å². The maximum atomic E-state index is 13.9. The minimum atomic E-state index is -0.735. The van der Waals surface area contributed by atoms with E-state index in [1.807, 2.05) is 43.3 Å². The summed E-state index contributed by atoms with van der Waals surface area (Å²) in [5.41, 5.74) is 2.41. The van der Waals surface area contributed by atoms with E-state index in [9.17, 15) is 9.18 Å². The summed E-state index contributed by atoms with van der Waals surface area (Å²) < 4.78 is 19.8. The van der Waals surface area contributed by atoms with Crippen molar-refractivity contribution in [1.82, 2.24) is 9.97 Å². The fourth-order valence-corrected chi connectivity index (χ4v) is 4.35. The quantitative estimate of drug-likeness (QED) is 0.267. The Morgan fingerprint density at radius 3 is 2.69 bits per heavy atom. The van der Waals surface area contributed by atoms with Crippen molar-refractivity contribution in [3.63, 3.8) is 0 Å². The SMILES string of the molecule is CN(C)c1ccc(N2C(=O)/C(=C\c3cccc(Oc4nc(Cl)ncc4F)c3)SC2=S)cc1. The molecule has 0 aliphatic carbocycles. The van der Waals surface area contributed by atoms with Crippen LogP contribution >= 0.6 is 35.6 Å². The largest absolute Gasteiger partial charge is 0.436 e. The molecule has 0 atom stereocenters. The van der Waals surface area contributed by atoms with E-state index in [0.29, 0.717) is 26.2 Å². The fourth-order valence-electron chi connectivity index (χ4n) is 2.92. The lowest BCUT2D eigenvalue weighted by Gasteiger charge is -2.17. The summed E-state index contributed by atoms with van der Waals surface area (Å²) in [6, 6.07) is 14.4. The molecule has 2 aromatic carbocycles. The maximum Gasteiger partial charge on any atom is 0.270 e. The number of carbonyl (C=O) groups excluding carboxylic acids is 1. The van der Waals surface area contributed by atoms with Crippen molar-refractivity contribution in [2.45, 2.75) is 0 Å². The summed E-state index contributed by atoms with van der Waals surface area (Å²) in [7, 11) is 3.89. The van der Waals surface area contributed by atoms with Crippen molar-refractivity contribution in [2.75, 3.05) is 23.9 Å². The van der Waals surface area contributed by atoms with Crippen molar-refractivity contribution < 1.29 is 13.9 Å². The second kappa shape index (κ2) is 9.23. The van der Waals surface area contributed by atoms with E-state index in [1.165, 1.54) is 16.7 Å². The van der Waals surface area contributed by atoms with E-state index in [4.69, 9.17) is 28.6 Å². The standard InChI is InChI=1S/C22H16ClFN4O2S2/c1-27(2)14-6-8-15(9-7-14)28-20(29)18(32-22(28)31)11-13-4-3-5-16(10-13)30-19-17(24)12-25-21(23)26-19/h3-12H,1-2H3/b18-11+. The number of carbonyl (C=O) groups is 1. The van der Waals surface area contributed by atoms with Crippen molar-refractivity contribution in [3.8, 4) is 11.6 Å². The molecule has 1 amide bonds. The van der Waals surface area contributed by atoms with Gasteiger partial charge in [0.1, 0.15) is 5.75 Å². The molecule has 162 valence electrons. The first kappa shape index (κ1) is 22.2. The molecule has 0 bridgehead atoms. The zero-order valence-corrected chi connectivity index (χ0v) is 19.3. The van der Waals surface area contributed by atoms with Gasteiger partial charge in [-0.15, -0.1) is 0 Å². The van der Waals surface area contributed by atoms with E-state index in [1.54, 1.807) is 30.3 Å². The van der Waals surface area contributed by atoms with Crippen molar-refractivity contribution in [2.24, 2.45) is 0 Å². The Bertz CT molecular complexity index is 1230. The number of amides is 1. The van der Waals surface area contributed by atoms with Gasteiger partial charge in [-0.3, -0.25) is 9.69 Å². The second-order valence-electron chi connectivity index (χ2n) is 6.89. The van der Waals surface area contributed by atoms with Crippen LogP contribution in [0.25, 0.3) is 6.08 Å². The number of ether oxygens (including phenoxy) is 1. The number of anilines is 2. The third-order valence-corrected chi connectivity index (χ3v) is 5.96. The van der Waals surface area contributed by atoms with Crippen molar-refractivity contribution >= 4 is 63.3 Å². The molecule has 32 heavy (non-hydrogen) atoms. The van der Waals surface area contributed by atoms with Crippen LogP contribution in [-0.4, -0.2) is 34.3 Å². The topological polar surface area (TPSA) is 58.6 Å². The average molecular weight is 487 g/mol. The van der Waals surface area contributed by atoms with Gasteiger partial charge in [0.2, 0.25) is 11.1 Å². The number of thiocarbonyl (C=S) groups is 1. The van der Waals surface area contributed by atoms with Crippen LogP contribution in [-0.2, 0) is 4.79 Å². The highest BCUT2D eigenvalue weighted by Gasteiger charge is 2.33. The summed E-state index contributed by atoms with van der Waals surface area (Å²) in [5, 5.41) is -0.125. The predicted octanol–water partition coefficient (Wildman–Crippen LogP) is 5.53. The monoisotopic (exact) mass is 486 g/mol. The van der Waals surface area contributed by atoms with Gasteiger partial charge in [-0.25, -0.2) is 4.98 Å². The molecule has 0 saturated carbocycles. The average Bonchev–Trinajstić information content (AvgIpc) is 3.04. The van der Waals surface area contributed by atoms with Crippen LogP contribution in [0.5, 0.6) is 11.6 Å². The minimum Gasteiger partial charge on any atom is -0.436 e. The molecule has 0 spiro atoms. The van der Waals surface area contributed by atoms with Gasteiger partial charge in [0, 0.05) is 19.8 Å². The zero-order chi connectivity index (χ0) is 22.8. The Morgan fingerprint density at radius 1 is 1.22 bits per heavy atom. The fraction of sp³-hybridized carbons (Fsp3) is 0.0909. The first-order valence-corrected chi connectivity index (χ1v) is 10.9. The Morgan fingerprint density at radius 2 is 1.97 bits per heavy atom. The van der Waals surface area contributed by atoms with E-state index >= 15 is 0 Å². The Hall–Kier alpha value is -3.01. The van der Waals surface area contributed by atoms with Gasteiger partial charge in [-0.2, -0.15) is 9.37 Å². The number of thioether (sulfide) groups is 1. The van der Waals surface area contributed by atoms with E-state index in [2.05, 4.69) is 9.97 Å². The molecule has 1 aromatic heterocycles. The molecular weight excluding hydrogens is 471 g/mol. The first-order chi connectivity index (χ1) is 15.3. The molecule has 6 nitrogen and oxygen atoms in total. The molecular formula is C22H16ClFN4O2S2. The Balaban J connectivity index is 1.56. The van der Waals surface area contributed by atoms with Crippen molar-refractivity contribution in [3.05, 3.63) is 76.3 Å². The summed E-state index contributed by atoms with van der Waals surface area (Å²) in [4.78, 5) is 24.3. The van der Waals surface area contributed by atoms with Gasteiger partial charge >= 0.3 is 0 Å². The summed E-state index contributed by atoms with van der Waals surface area (Å²) >= 11 is 12.4. The third kappa shape index (κ3) is 4.74. The molecule has 0 radical (unpaired) electrons. The van der Waals surface area contributed by atoms with Gasteiger partial charge in [0.15, 0.2) is 4.32 Å². The summed E-state index contributed by atoms with van der Waals surface area (Å²) in [6.07, 6.45) is 2.65. The van der Waals surface area contributed by atoms with Gasteiger partial charge in [-0.05, 0) is 59.6 Å². The van der Waals surface area contributed by atoms with Crippen LogP contribution in [0.15, 0.2) is 59.6 Å². The Kier molecular flexibility index (Phi) is 6.40. The number of hydrogen-bond donors (Lipinski definition) is 0. The van der Waals surface area contributed by atoms with Crippen LogP contribution in [0.1, 0.15) is 5.56 Å². The van der Waals surface area contributed by atoms with E-state index in [-0.39, 0.29) is 17.1 Å². The van der Waals surface area contributed by atoms with Crippen LogP contribution in [0.2, 0.25) is 5.28 Å². The summed E-state index contributed by atoms with van der Waals surface area (Å²) in [5.74, 6) is -0.893. The van der Waals surface area contributed by atoms with E-state index in [0.717, 1.165) is 11.9 Å². The molecule has 0 unspecified atom stereocenters. The smallest absolute Gasteiger partial charge is 0.270 e. The molecule has 1 saturated heterocycles. The molecule has 4 rings (SSSR count). The number of rotatable bonds is 5. The van der Waals surface area contributed by atoms with Crippen LogP contribution < -0.4 is 14.5 Å². The molecule has 10 heteroatoms. The lowest BCUT2D eigenvalue weighted by Crippen LogP contribution is -2.27. The number of aromatic nitrogens is 2. The van der Waals surface area contributed by atoms with Crippen LogP contribution in [0.3, 0.4) is 0 Å². The number of hydrogen-bond acceptors (Lipinski definition) is 7. The predicted molar refractivity (Wildman–Crippen MR) is 130 cm³/mol. The number of nitrogens with zero attached hydrogens (tertiary/aromatic N) is 4. The Labute approximate surface area is 198 Å². The normalized spacial score (nSPS) is 14.9. The molecule has 2 heterocycles. The van der Waals surface area contributed by atoms with Gasteiger partial charge < -0.3 is 9.64 Å². The van der Waals surface area contributed by atoms with Crippen LogP contribution in [0, 0.1) is 5.82 Å². The van der Waals surface area contributed by atoms with Gasteiger partial charge in [-0.1, -0.05) is 36.1 Å². The molecule has 1 fully saturated rings. The lowest BCUT2D eigenvalue weighted by atomic mass is 10.2. The second-order valence-corrected chi connectivity index (χ2v) is 8.91. The molecule has 1 aliphatic heterocycles.